The highest BCUT2D eigenvalue weighted by Gasteiger charge is 1.86. The Morgan fingerprint density at radius 2 is 2.40 bits per heavy atom. The maximum Gasteiger partial charge on any atom is 0.113 e. The monoisotopic (exact) mass is 141 g/mol. The quantitative estimate of drug-likeness (QED) is 0.360. The number of unbranched alkanes of at least 4 members (excludes halogenated alkanes) is 1. The van der Waals surface area contributed by atoms with Crippen LogP contribution in [-0.4, -0.2) is 6.61 Å². The molecule has 0 aliphatic carbocycles. The zero-order valence-corrected chi connectivity index (χ0v) is 6.47. The molecule has 0 aromatic heterocycles. The molecule has 0 aliphatic heterocycles. The number of ether oxygens (including phenoxy) is 1. The molecule has 0 aromatic carbocycles. The first-order chi connectivity index (χ1) is 4.81. The third-order valence-corrected chi connectivity index (χ3v) is 1.07. The molecule has 0 spiro atoms. The third kappa shape index (κ3) is 5.22. The van der Waals surface area contributed by atoms with E-state index < -0.39 is 0 Å². The van der Waals surface area contributed by atoms with Gasteiger partial charge in [-0.2, -0.15) is 0 Å². The number of nitrogens with two attached hydrogens (primary N) is 1. The summed E-state index contributed by atoms with van der Waals surface area (Å²) in [6.07, 6.45) is 5.28. The second-order valence-corrected chi connectivity index (χ2v) is 2.03. The minimum absolute atomic E-state index is 0.635. The topological polar surface area (TPSA) is 35.2 Å². The average molecular weight is 141 g/mol. The van der Waals surface area contributed by atoms with Gasteiger partial charge in [0.2, 0.25) is 0 Å². The Bertz CT molecular complexity index is 118. The van der Waals surface area contributed by atoms with Gasteiger partial charge in [-0.15, -0.1) is 0 Å². The van der Waals surface area contributed by atoms with Gasteiger partial charge in [0, 0.05) is 0 Å². The van der Waals surface area contributed by atoms with E-state index in [-0.39, 0.29) is 0 Å². The van der Waals surface area contributed by atoms with Crippen LogP contribution in [0.25, 0.3) is 0 Å². The molecule has 10 heavy (non-hydrogen) atoms. The Morgan fingerprint density at radius 3 is 2.90 bits per heavy atom. The van der Waals surface area contributed by atoms with Crippen LogP contribution in [0.2, 0.25) is 0 Å². The van der Waals surface area contributed by atoms with E-state index in [0.717, 1.165) is 19.4 Å². The lowest BCUT2D eigenvalue weighted by Gasteiger charge is -2.02. The molecule has 0 atom stereocenters. The fraction of sp³-hybridized carbons (Fsp3) is 0.500. The van der Waals surface area contributed by atoms with Crippen molar-refractivity contribution in [1.82, 2.24) is 0 Å². The van der Waals surface area contributed by atoms with Gasteiger partial charge in [0.1, 0.15) is 5.76 Å². The highest BCUT2D eigenvalue weighted by atomic mass is 16.5. The molecule has 2 N–H and O–H groups in total. The Labute approximate surface area is 62.4 Å². The van der Waals surface area contributed by atoms with Crippen molar-refractivity contribution >= 4 is 0 Å². The van der Waals surface area contributed by atoms with Crippen LogP contribution in [0.5, 0.6) is 0 Å². The summed E-state index contributed by atoms with van der Waals surface area (Å²) in [5.74, 6) is 0.635. The number of hydrogen-bond donors (Lipinski definition) is 1. The van der Waals surface area contributed by atoms with Crippen LogP contribution >= 0.6 is 0 Å². The van der Waals surface area contributed by atoms with Gasteiger partial charge in [0.05, 0.1) is 6.61 Å². The molecule has 58 valence electrons. The van der Waals surface area contributed by atoms with E-state index in [1.165, 1.54) is 6.20 Å². The van der Waals surface area contributed by atoms with Crippen molar-refractivity contribution in [1.29, 1.82) is 0 Å². The minimum Gasteiger partial charge on any atom is -0.494 e. The van der Waals surface area contributed by atoms with Crippen LogP contribution < -0.4 is 5.73 Å². The summed E-state index contributed by atoms with van der Waals surface area (Å²) in [5.41, 5.74) is 5.11. The Kier molecular flexibility index (Phi) is 5.63. The maximum atomic E-state index is 5.16. The molecule has 0 saturated heterocycles. The zero-order chi connectivity index (χ0) is 7.82. The van der Waals surface area contributed by atoms with E-state index in [4.69, 9.17) is 10.5 Å². The summed E-state index contributed by atoms with van der Waals surface area (Å²) < 4.78 is 5.16. The summed E-state index contributed by atoms with van der Waals surface area (Å²) >= 11 is 0. The molecule has 0 fully saturated rings. The molecule has 0 radical (unpaired) electrons. The van der Waals surface area contributed by atoms with Crippen molar-refractivity contribution in [3.05, 3.63) is 24.6 Å². The summed E-state index contributed by atoms with van der Waals surface area (Å²) in [6, 6.07) is 0. The molecule has 2 heteroatoms. The highest BCUT2D eigenvalue weighted by molar-refractivity contribution is 5.04. The molecule has 0 unspecified atom stereocenters. The Morgan fingerprint density at radius 1 is 1.70 bits per heavy atom. The fourth-order valence-corrected chi connectivity index (χ4v) is 0.503. The predicted molar refractivity (Wildman–Crippen MR) is 43.3 cm³/mol. The van der Waals surface area contributed by atoms with Gasteiger partial charge in [-0.25, -0.2) is 0 Å². The van der Waals surface area contributed by atoms with Gasteiger partial charge in [-0.3, -0.25) is 0 Å². The first kappa shape index (κ1) is 9.08. The maximum absolute atomic E-state index is 5.16. The molecule has 0 rings (SSSR count). The third-order valence-electron chi connectivity index (χ3n) is 1.07. The van der Waals surface area contributed by atoms with Gasteiger partial charge in [-0.05, 0) is 18.7 Å². The fourth-order valence-electron chi connectivity index (χ4n) is 0.503. The van der Waals surface area contributed by atoms with Crippen LogP contribution in [0, 0.1) is 0 Å². The summed E-state index contributed by atoms with van der Waals surface area (Å²) in [7, 11) is 0. The molecule has 0 aliphatic rings. The lowest BCUT2D eigenvalue weighted by atomic mass is 10.4. The van der Waals surface area contributed by atoms with E-state index >= 15 is 0 Å². The van der Waals surface area contributed by atoms with Crippen molar-refractivity contribution in [2.45, 2.75) is 19.8 Å². The molecular formula is C8H15NO. The van der Waals surface area contributed by atoms with Crippen LogP contribution in [-0.2, 0) is 4.74 Å². The van der Waals surface area contributed by atoms with Gasteiger partial charge in [-0.1, -0.05) is 19.9 Å². The molecule has 0 saturated carbocycles. The number of rotatable bonds is 5. The van der Waals surface area contributed by atoms with Crippen molar-refractivity contribution in [2.24, 2.45) is 5.73 Å². The lowest BCUT2D eigenvalue weighted by molar-refractivity contribution is 0.221. The van der Waals surface area contributed by atoms with Gasteiger partial charge in [0.15, 0.2) is 0 Å². The molecule has 2 nitrogen and oxygen atoms in total. The van der Waals surface area contributed by atoms with Gasteiger partial charge < -0.3 is 10.5 Å². The van der Waals surface area contributed by atoms with Crippen molar-refractivity contribution in [3.8, 4) is 0 Å². The first-order valence-electron chi connectivity index (χ1n) is 3.51. The Hall–Kier alpha value is -0.920. The second-order valence-electron chi connectivity index (χ2n) is 2.03. The van der Waals surface area contributed by atoms with Gasteiger partial charge >= 0.3 is 0 Å². The van der Waals surface area contributed by atoms with Crippen LogP contribution in [0.15, 0.2) is 24.6 Å². The summed E-state index contributed by atoms with van der Waals surface area (Å²) in [5, 5.41) is 0. The molecule has 0 heterocycles. The van der Waals surface area contributed by atoms with Crippen molar-refractivity contribution in [2.75, 3.05) is 6.61 Å². The van der Waals surface area contributed by atoms with Crippen molar-refractivity contribution in [3.63, 3.8) is 0 Å². The summed E-state index contributed by atoms with van der Waals surface area (Å²) in [4.78, 5) is 0. The van der Waals surface area contributed by atoms with E-state index in [0.29, 0.717) is 5.76 Å². The normalized spacial score (nSPS) is 10.1. The molecular weight excluding hydrogens is 126 g/mol. The number of allylic oxidation sites excluding steroid dienone is 1. The van der Waals surface area contributed by atoms with Crippen LogP contribution in [0.3, 0.4) is 0 Å². The summed E-state index contributed by atoms with van der Waals surface area (Å²) in [6.45, 7) is 6.48. The van der Waals surface area contributed by atoms with Crippen LogP contribution in [0.4, 0.5) is 0 Å². The number of hydrogen-bond acceptors (Lipinski definition) is 2. The first-order valence-corrected chi connectivity index (χ1v) is 3.51. The van der Waals surface area contributed by atoms with Crippen LogP contribution in [0.1, 0.15) is 19.8 Å². The largest absolute Gasteiger partial charge is 0.494 e. The lowest BCUT2D eigenvalue weighted by Crippen LogP contribution is -1.91. The molecule has 0 aromatic rings. The highest BCUT2D eigenvalue weighted by Crippen LogP contribution is 1.96. The Balaban J connectivity index is 3.22. The smallest absolute Gasteiger partial charge is 0.113 e. The van der Waals surface area contributed by atoms with E-state index in [1.54, 1.807) is 6.08 Å². The average Bonchev–Trinajstić information content (AvgIpc) is 1.89. The van der Waals surface area contributed by atoms with E-state index in [9.17, 15) is 0 Å². The second kappa shape index (κ2) is 6.20. The standard InChI is InChI=1S/C8H15NO/c1-3-4-7-10-8(2)5-6-9/h5-6H,2-4,7,9H2,1H3. The van der Waals surface area contributed by atoms with E-state index in [2.05, 4.69) is 13.5 Å². The van der Waals surface area contributed by atoms with Crippen molar-refractivity contribution < 1.29 is 4.74 Å². The zero-order valence-electron chi connectivity index (χ0n) is 6.47. The minimum atomic E-state index is 0.635. The van der Waals surface area contributed by atoms with Gasteiger partial charge in [0.25, 0.3) is 0 Å². The molecule has 0 bridgehead atoms. The van der Waals surface area contributed by atoms with E-state index in [1.807, 2.05) is 0 Å². The predicted octanol–water partition coefficient (Wildman–Crippen LogP) is 1.79. The SMILES string of the molecule is C=C(C=CN)OCCCC. The molecule has 0 amide bonds.